The molecular weight excluding hydrogens is 336 g/mol. The number of pyridine rings is 2. The van der Waals surface area contributed by atoms with E-state index in [2.05, 4.69) is 21.8 Å². The molecule has 0 saturated heterocycles. The molecule has 126 valence electrons. The average molecular weight is 353 g/mol. The largest absolute Gasteiger partial charge is 0.316 e. The number of imidazole rings is 1. The summed E-state index contributed by atoms with van der Waals surface area (Å²) in [6.07, 6.45) is 3.41. The summed E-state index contributed by atoms with van der Waals surface area (Å²) in [6, 6.07) is 7.03. The van der Waals surface area contributed by atoms with E-state index in [0.29, 0.717) is 17.4 Å². The molecule has 0 aliphatic carbocycles. The molecule has 0 spiro atoms. The highest BCUT2D eigenvalue weighted by molar-refractivity contribution is 6.29. The van der Waals surface area contributed by atoms with Crippen molar-refractivity contribution in [2.75, 3.05) is 0 Å². The molecule has 6 heteroatoms. The van der Waals surface area contributed by atoms with Crippen LogP contribution in [0.4, 0.5) is 0 Å². The summed E-state index contributed by atoms with van der Waals surface area (Å²) in [5.41, 5.74) is 3.09. The molecule has 0 amide bonds. The Morgan fingerprint density at radius 2 is 2.00 bits per heavy atom. The van der Waals surface area contributed by atoms with Gasteiger partial charge in [-0.1, -0.05) is 17.5 Å². The molecule has 3 rings (SSSR count). The van der Waals surface area contributed by atoms with Gasteiger partial charge in [-0.3, -0.25) is 9.36 Å². The highest BCUT2D eigenvalue weighted by atomic mass is 35.5. The van der Waals surface area contributed by atoms with Crippen molar-refractivity contribution >= 4 is 11.6 Å². The lowest BCUT2D eigenvalue weighted by molar-refractivity contribution is 0.723. The van der Waals surface area contributed by atoms with E-state index in [1.807, 2.05) is 31.4 Å². The van der Waals surface area contributed by atoms with E-state index >= 15 is 0 Å². The number of nitrogens with zero attached hydrogens (tertiary/aromatic N) is 4. The highest BCUT2D eigenvalue weighted by Crippen LogP contribution is 2.16. The van der Waals surface area contributed by atoms with E-state index in [-0.39, 0.29) is 5.56 Å². The van der Waals surface area contributed by atoms with E-state index in [1.165, 1.54) is 0 Å². The van der Waals surface area contributed by atoms with Crippen molar-refractivity contribution in [2.24, 2.45) is 0 Å². The molecule has 0 fully saturated rings. The third-order valence-electron chi connectivity index (χ3n) is 3.91. The van der Waals surface area contributed by atoms with Crippen molar-refractivity contribution in [3.05, 3.63) is 74.9 Å². The third-order valence-corrected chi connectivity index (χ3v) is 4.11. The number of halogens is 1. The molecule has 3 aromatic heterocycles. The van der Waals surface area contributed by atoms with Crippen molar-refractivity contribution in [3.63, 3.8) is 0 Å². The first-order valence-corrected chi connectivity index (χ1v) is 8.27. The van der Waals surface area contributed by atoms with Crippen molar-refractivity contribution in [1.29, 1.82) is 0 Å². The summed E-state index contributed by atoms with van der Waals surface area (Å²) in [4.78, 5) is 20.6. The summed E-state index contributed by atoms with van der Waals surface area (Å²) < 4.78 is 3.59. The zero-order valence-corrected chi connectivity index (χ0v) is 15.0. The fraction of sp³-hybridized carbons (Fsp3) is 0.211. The van der Waals surface area contributed by atoms with Gasteiger partial charge in [0.15, 0.2) is 0 Å². The molecule has 0 saturated carbocycles. The van der Waals surface area contributed by atoms with Crippen molar-refractivity contribution in [1.82, 2.24) is 19.1 Å². The molecule has 0 aliphatic heterocycles. The molecule has 3 heterocycles. The van der Waals surface area contributed by atoms with Gasteiger partial charge in [0, 0.05) is 30.6 Å². The van der Waals surface area contributed by atoms with Crippen LogP contribution in [0.15, 0.2) is 41.5 Å². The Labute approximate surface area is 150 Å². The SMILES string of the molecule is CCn1ccc(-n2c(C)nc(C#Cc3ccnc(Cl)c3)c2C)cc1=O. The maximum atomic E-state index is 12.1. The number of rotatable bonds is 2. The van der Waals surface area contributed by atoms with E-state index < -0.39 is 0 Å². The van der Waals surface area contributed by atoms with Crippen LogP contribution in [-0.2, 0) is 6.54 Å². The Kier molecular flexibility index (Phi) is 4.73. The van der Waals surface area contributed by atoms with Crippen molar-refractivity contribution in [2.45, 2.75) is 27.3 Å². The van der Waals surface area contributed by atoms with Crippen LogP contribution in [0.5, 0.6) is 0 Å². The third kappa shape index (κ3) is 3.49. The van der Waals surface area contributed by atoms with Crippen LogP contribution in [0.1, 0.15) is 29.7 Å². The normalized spacial score (nSPS) is 10.4. The van der Waals surface area contributed by atoms with Gasteiger partial charge in [-0.2, -0.15) is 0 Å². The minimum absolute atomic E-state index is 0.0356. The fourth-order valence-corrected chi connectivity index (χ4v) is 2.82. The average Bonchev–Trinajstić information content (AvgIpc) is 2.87. The molecule has 5 nitrogen and oxygen atoms in total. The second-order valence-corrected chi connectivity index (χ2v) is 5.94. The minimum Gasteiger partial charge on any atom is -0.316 e. The molecule has 0 radical (unpaired) electrons. The zero-order chi connectivity index (χ0) is 18.0. The standard InChI is InChI=1S/C19H17ClN4O/c1-4-23-10-8-16(12-19(23)25)24-13(2)17(22-14(24)3)6-5-15-7-9-21-18(20)11-15/h7-12H,4H2,1-3H3. The number of aromatic nitrogens is 4. The topological polar surface area (TPSA) is 52.7 Å². The zero-order valence-electron chi connectivity index (χ0n) is 14.2. The highest BCUT2D eigenvalue weighted by Gasteiger charge is 2.11. The Morgan fingerprint density at radius 3 is 2.68 bits per heavy atom. The van der Waals surface area contributed by atoms with Gasteiger partial charge >= 0.3 is 0 Å². The Bertz CT molecular complexity index is 1050. The first-order chi connectivity index (χ1) is 12.0. The van der Waals surface area contributed by atoms with Crippen LogP contribution in [0.3, 0.4) is 0 Å². The maximum absolute atomic E-state index is 12.1. The molecule has 0 aliphatic rings. The van der Waals surface area contributed by atoms with E-state index in [1.54, 1.807) is 35.2 Å². The first kappa shape index (κ1) is 17.0. The van der Waals surface area contributed by atoms with E-state index in [9.17, 15) is 4.79 Å². The number of hydrogen-bond donors (Lipinski definition) is 0. The Hall–Kier alpha value is -2.84. The van der Waals surface area contributed by atoms with Crippen LogP contribution in [0, 0.1) is 25.7 Å². The van der Waals surface area contributed by atoms with Gasteiger partial charge in [0.1, 0.15) is 16.7 Å². The summed E-state index contributed by atoms with van der Waals surface area (Å²) in [6.45, 7) is 6.42. The molecular formula is C19H17ClN4O. The van der Waals surface area contributed by atoms with Gasteiger partial charge in [-0.15, -0.1) is 0 Å². The van der Waals surface area contributed by atoms with Crippen LogP contribution in [-0.4, -0.2) is 19.1 Å². The lowest BCUT2D eigenvalue weighted by atomic mass is 10.2. The molecule has 0 aromatic carbocycles. The molecule has 0 N–H and O–H groups in total. The van der Waals surface area contributed by atoms with Gasteiger partial charge < -0.3 is 4.57 Å². The van der Waals surface area contributed by atoms with Gasteiger partial charge in [-0.25, -0.2) is 9.97 Å². The van der Waals surface area contributed by atoms with Gasteiger partial charge in [0.25, 0.3) is 5.56 Å². The second-order valence-electron chi connectivity index (χ2n) is 5.55. The Morgan fingerprint density at radius 1 is 1.20 bits per heavy atom. The van der Waals surface area contributed by atoms with Gasteiger partial charge in [0.05, 0.1) is 11.4 Å². The lowest BCUT2D eigenvalue weighted by Gasteiger charge is -2.09. The van der Waals surface area contributed by atoms with Crippen molar-refractivity contribution < 1.29 is 0 Å². The summed E-state index contributed by atoms with van der Waals surface area (Å²) >= 11 is 5.88. The molecule has 0 bridgehead atoms. The van der Waals surface area contributed by atoms with Crippen LogP contribution >= 0.6 is 11.6 Å². The van der Waals surface area contributed by atoms with E-state index in [4.69, 9.17) is 11.6 Å². The summed E-state index contributed by atoms with van der Waals surface area (Å²) in [5.74, 6) is 6.90. The molecule has 25 heavy (non-hydrogen) atoms. The van der Waals surface area contributed by atoms with Gasteiger partial charge in [0.2, 0.25) is 0 Å². The number of hydrogen-bond acceptors (Lipinski definition) is 3. The maximum Gasteiger partial charge on any atom is 0.252 e. The molecule has 0 unspecified atom stereocenters. The first-order valence-electron chi connectivity index (χ1n) is 7.90. The van der Waals surface area contributed by atoms with Gasteiger partial charge in [-0.05, 0) is 44.9 Å². The van der Waals surface area contributed by atoms with Crippen LogP contribution in [0.25, 0.3) is 5.69 Å². The lowest BCUT2D eigenvalue weighted by Crippen LogP contribution is -2.18. The van der Waals surface area contributed by atoms with Crippen LogP contribution in [0.2, 0.25) is 5.15 Å². The number of aryl methyl sites for hydroxylation is 2. The smallest absolute Gasteiger partial charge is 0.252 e. The molecule has 0 atom stereocenters. The summed E-state index contributed by atoms with van der Waals surface area (Å²) in [5, 5.41) is 0.404. The predicted octanol–water partition coefficient (Wildman–Crippen LogP) is 3.12. The summed E-state index contributed by atoms with van der Waals surface area (Å²) in [7, 11) is 0. The Balaban J connectivity index is 2.02. The fourth-order valence-electron chi connectivity index (χ4n) is 2.65. The predicted molar refractivity (Wildman–Crippen MR) is 98.2 cm³/mol. The van der Waals surface area contributed by atoms with Crippen LogP contribution < -0.4 is 5.56 Å². The monoisotopic (exact) mass is 352 g/mol. The minimum atomic E-state index is -0.0356. The van der Waals surface area contributed by atoms with E-state index in [0.717, 1.165) is 22.8 Å². The second kappa shape index (κ2) is 6.96. The quantitative estimate of drug-likeness (QED) is 0.526. The molecule has 3 aromatic rings. The van der Waals surface area contributed by atoms with Crippen molar-refractivity contribution in [3.8, 4) is 17.5 Å².